The Kier molecular flexibility index (Phi) is 8.60. The van der Waals surface area contributed by atoms with E-state index in [4.69, 9.17) is 5.73 Å². The first-order valence-electron chi connectivity index (χ1n) is 7.46. The van der Waals surface area contributed by atoms with E-state index in [2.05, 4.69) is 57.3 Å². The van der Waals surface area contributed by atoms with Crippen molar-refractivity contribution in [1.29, 1.82) is 0 Å². The number of benzene rings is 1. The Bertz CT molecular complexity index is 429. The van der Waals surface area contributed by atoms with E-state index < -0.39 is 0 Å². The molecule has 21 heavy (non-hydrogen) atoms. The minimum absolute atomic E-state index is 0. The quantitative estimate of drug-likeness (QED) is 0.842. The first-order valence-corrected chi connectivity index (χ1v) is 7.46. The Morgan fingerprint density at radius 1 is 1.05 bits per heavy atom. The molecule has 1 rings (SSSR count). The summed E-state index contributed by atoms with van der Waals surface area (Å²) in [5, 5.41) is 2.94. The summed E-state index contributed by atoms with van der Waals surface area (Å²) in [5.74, 6) is 0.961. The summed E-state index contributed by atoms with van der Waals surface area (Å²) in [5.41, 5.74) is 8.50. The number of nitrogens with one attached hydrogen (secondary N) is 1. The van der Waals surface area contributed by atoms with Gasteiger partial charge in [-0.15, -0.1) is 12.4 Å². The largest absolute Gasteiger partial charge is 0.354 e. The van der Waals surface area contributed by atoms with Gasteiger partial charge in [-0.2, -0.15) is 0 Å². The summed E-state index contributed by atoms with van der Waals surface area (Å²) < 4.78 is 0. The average molecular weight is 313 g/mol. The second-order valence-corrected chi connectivity index (χ2v) is 6.21. The van der Waals surface area contributed by atoms with E-state index in [9.17, 15) is 4.79 Å². The molecule has 0 aliphatic carbocycles. The maximum Gasteiger partial charge on any atom is 0.223 e. The van der Waals surface area contributed by atoms with Crippen LogP contribution in [-0.4, -0.2) is 12.5 Å². The van der Waals surface area contributed by atoms with Gasteiger partial charge in [0.15, 0.2) is 0 Å². The van der Waals surface area contributed by atoms with Crippen molar-refractivity contribution in [3.8, 4) is 0 Å². The SMILES string of the molecule is CC(C)c1ccc(C(N)CNC(=O)C(C)C(C)C)cc1.Cl. The molecule has 0 bridgehead atoms. The molecule has 0 saturated heterocycles. The summed E-state index contributed by atoms with van der Waals surface area (Å²) in [6.07, 6.45) is 0. The Labute approximate surface area is 135 Å². The van der Waals surface area contributed by atoms with Gasteiger partial charge in [0, 0.05) is 18.5 Å². The Morgan fingerprint density at radius 3 is 1.95 bits per heavy atom. The average Bonchev–Trinajstić information content (AvgIpc) is 2.43. The molecule has 0 fully saturated rings. The lowest BCUT2D eigenvalue weighted by Crippen LogP contribution is -2.36. The van der Waals surface area contributed by atoms with Gasteiger partial charge in [0.2, 0.25) is 5.91 Å². The fourth-order valence-electron chi connectivity index (χ4n) is 1.92. The van der Waals surface area contributed by atoms with Crippen LogP contribution in [0.5, 0.6) is 0 Å². The minimum Gasteiger partial charge on any atom is -0.354 e. The number of hydrogen-bond donors (Lipinski definition) is 2. The van der Waals surface area contributed by atoms with Crippen LogP contribution in [0.1, 0.15) is 57.7 Å². The van der Waals surface area contributed by atoms with Crippen LogP contribution in [0.2, 0.25) is 0 Å². The van der Waals surface area contributed by atoms with Crippen LogP contribution in [0, 0.1) is 11.8 Å². The van der Waals surface area contributed by atoms with Gasteiger partial charge in [0.1, 0.15) is 0 Å². The highest BCUT2D eigenvalue weighted by molar-refractivity contribution is 5.85. The van der Waals surface area contributed by atoms with Gasteiger partial charge in [-0.1, -0.05) is 58.9 Å². The molecule has 0 saturated carbocycles. The molecule has 2 unspecified atom stereocenters. The second-order valence-electron chi connectivity index (χ2n) is 6.21. The normalized spacial score (nSPS) is 13.7. The molecule has 1 aromatic carbocycles. The highest BCUT2D eigenvalue weighted by Gasteiger charge is 2.17. The summed E-state index contributed by atoms with van der Waals surface area (Å²) in [4.78, 5) is 11.9. The van der Waals surface area contributed by atoms with E-state index in [0.717, 1.165) is 5.56 Å². The molecule has 0 radical (unpaired) electrons. The molecule has 0 spiro atoms. The number of nitrogens with two attached hydrogens (primary N) is 1. The molecular formula is C17H29ClN2O. The molecule has 1 amide bonds. The van der Waals surface area contributed by atoms with Crippen molar-refractivity contribution in [3.63, 3.8) is 0 Å². The van der Waals surface area contributed by atoms with Crippen molar-refractivity contribution in [1.82, 2.24) is 5.32 Å². The highest BCUT2D eigenvalue weighted by Crippen LogP contribution is 2.17. The predicted molar refractivity (Wildman–Crippen MR) is 91.7 cm³/mol. The lowest BCUT2D eigenvalue weighted by atomic mass is 9.97. The maximum atomic E-state index is 11.9. The lowest BCUT2D eigenvalue weighted by Gasteiger charge is -2.18. The maximum absolute atomic E-state index is 11.9. The van der Waals surface area contributed by atoms with Crippen molar-refractivity contribution in [2.75, 3.05) is 6.54 Å². The second kappa shape index (κ2) is 9.06. The van der Waals surface area contributed by atoms with Crippen LogP contribution in [0.15, 0.2) is 24.3 Å². The number of carbonyl (C=O) groups is 1. The van der Waals surface area contributed by atoms with Crippen molar-refractivity contribution >= 4 is 18.3 Å². The van der Waals surface area contributed by atoms with Crippen LogP contribution in [-0.2, 0) is 4.79 Å². The van der Waals surface area contributed by atoms with Crippen LogP contribution in [0.4, 0.5) is 0 Å². The smallest absolute Gasteiger partial charge is 0.223 e. The van der Waals surface area contributed by atoms with Crippen molar-refractivity contribution in [3.05, 3.63) is 35.4 Å². The topological polar surface area (TPSA) is 55.1 Å². The Balaban J connectivity index is 0.00000400. The number of rotatable bonds is 6. The molecule has 0 aliphatic rings. The fourth-order valence-corrected chi connectivity index (χ4v) is 1.92. The van der Waals surface area contributed by atoms with Gasteiger partial charge in [-0.25, -0.2) is 0 Å². The van der Waals surface area contributed by atoms with Gasteiger partial charge in [-0.3, -0.25) is 4.79 Å². The molecule has 2 atom stereocenters. The number of halogens is 1. The minimum atomic E-state index is -0.153. The molecule has 3 nitrogen and oxygen atoms in total. The van der Waals surface area contributed by atoms with Crippen LogP contribution in [0.25, 0.3) is 0 Å². The van der Waals surface area contributed by atoms with Gasteiger partial charge < -0.3 is 11.1 Å². The van der Waals surface area contributed by atoms with E-state index in [1.54, 1.807) is 0 Å². The third-order valence-electron chi connectivity index (χ3n) is 3.94. The summed E-state index contributed by atoms with van der Waals surface area (Å²) in [6, 6.07) is 8.17. The first kappa shape index (κ1) is 19.9. The molecular weight excluding hydrogens is 284 g/mol. The van der Waals surface area contributed by atoms with Gasteiger partial charge in [0.25, 0.3) is 0 Å². The zero-order valence-corrected chi connectivity index (χ0v) is 14.5. The predicted octanol–water partition coefficient (Wildman–Crippen LogP) is 3.64. The van der Waals surface area contributed by atoms with Gasteiger partial charge in [0.05, 0.1) is 0 Å². The molecule has 120 valence electrons. The standard InChI is InChI=1S/C17H28N2O.ClH/c1-11(2)13(5)17(20)19-10-16(18)15-8-6-14(7-9-15)12(3)4;/h6-9,11-13,16H,10,18H2,1-5H3,(H,19,20);1H. The van der Waals surface area contributed by atoms with E-state index in [1.807, 2.05) is 6.92 Å². The van der Waals surface area contributed by atoms with E-state index in [0.29, 0.717) is 18.4 Å². The van der Waals surface area contributed by atoms with Crippen LogP contribution in [0.3, 0.4) is 0 Å². The highest BCUT2D eigenvalue weighted by atomic mass is 35.5. The van der Waals surface area contributed by atoms with Crippen LogP contribution < -0.4 is 11.1 Å². The molecule has 3 N–H and O–H groups in total. The van der Waals surface area contributed by atoms with E-state index in [-0.39, 0.29) is 30.3 Å². The van der Waals surface area contributed by atoms with Crippen LogP contribution >= 0.6 is 12.4 Å². The summed E-state index contributed by atoms with van der Waals surface area (Å²) >= 11 is 0. The number of hydrogen-bond acceptors (Lipinski definition) is 2. The van der Waals surface area contributed by atoms with E-state index in [1.165, 1.54) is 5.56 Å². The Hall–Kier alpha value is -1.06. The zero-order valence-electron chi connectivity index (χ0n) is 13.7. The zero-order chi connectivity index (χ0) is 15.3. The molecule has 0 heterocycles. The summed E-state index contributed by atoms with van der Waals surface area (Å²) in [7, 11) is 0. The van der Waals surface area contributed by atoms with Gasteiger partial charge in [-0.05, 0) is 23.0 Å². The van der Waals surface area contributed by atoms with Crippen molar-refractivity contribution in [2.45, 2.75) is 46.6 Å². The number of carbonyl (C=O) groups excluding carboxylic acids is 1. The van der Waals surface area contributed by atoms with Crippen molar-refractivity contribution < 1.29 is 4.79 Å². The first-order chi connectivity index (χ1) is 9.32. The molecule has 4 heteroatoms. The molecule has 0 aromatic heterocycles. The number of amides is 1. The summed E-state index contributed by atoms with van der Waals surface area (Å²) in [6.45, 7) is 10.9. The monoisotopic (exact) mass is 312 g/mol. The molecule has 0 aliphatic heterocycles. The third kappa shape index (κ3) is 6.06. The fraction of sp³-hybridized carbons (Fsp3) is 0.588. The molecule has 1 aromatic rings. The van der Waals surface area contributed by atoms with Crippen molar-refractivity contribution in [2.24, 2.45) is 17.6 Å². The van der Waals surface area contributed by atoms with E-state index >= 15 is 0 Å². The van der Waals surface area contributed by atoms with Gasteiger partial charge >= 0.3 is 0 Å². The Morgan fingerprint density at radius 2 is 1.52 bits per heavy atom. The third-order valence-corrected chi connectivity index (χ3v) is 3.94. The lowest BCUT2D eigenvalue weighted by molar-refractivity contribution is -0.125.